The Morgan fingerprint density at radius 3 is 2.81 bits per heavy atom. The molecule has 3 aromatic rings. The van der Waals surface area contributed by atoms with Crippen LogP contribution in [0.25, 0.3) is 11.0 Å². The van der Waals surface area contributed by atoms with Gasteiger partial charge in [-0.05, 0) is 48.7 Å². The highest BCUT2D eigenvalue weighted by atomic mass is 35.5. The van der Waals surface area contributed by atoms with Gasteiger partial charge in [-0.2, -0.15) is 0 Å². The second-order valence-corrected chi connectivity index (χ2v) is 8.11. The van der Waals surface area contributed by atoms with Crippen LogP contribution in [0.5, 0.6) is 5.75 Å². The third kappa shape index (κ3) is 3.74. The molecule has 0 radical (unpaired) electrons. The quantitative estimate of drug-likeness (QED) is 0.447. The maximum absolute atomic E-state index is 13.5. The molecule has 31 heavy (non-hydrogen) atoms. The van der Waals surface area contributed by atoms with Gasteiger partial charge in [-0.1, -0.05) is 49.7 Å². The molecule has 2 aromatic carbocycles. The van der Waals surface area contributed by atoms with Crippen LogP contribution in [0.3, 0.4) is 0 Å². The molecule has 160 valence electrons. The average molecular weight is 438 g/mol. The summed E-state index contributed by atoms with van der Waals surface area (Å²) in [6.07, 6.45) is 3.41. The third-order valence-corrected chi connectivity index (χ3v) is 5.95. The van der Waals surface area contributed by atoms with Crippen LogP contribution in [0.1, 0.15) is 53.1 Å². The Hall–Kier alpha value is -3.05. The van der Waals surface area contributed by atoms with Crippen molar-refractivity contribution in [1.29, 1.82) is 0 Å². The van der Waals surface area contributed by atoms with Crippen LogP contribution in [0.4, 0.5) is 0 Å². The zero-order valence-electron chi connectivity index (χ0n) is 17.6. The molecule has 1 unspecified atom stereocenters. The molecule has 0 saturated heterocycles. The van der Waals surface area contributed by atoms with E-state index in [2.05, 4.69) is 13.5 Å². The summed E-state index contributed by atoms with van der Waals surface area (Å²) in [7, 11) is 0. The van der Waals surface area contributed by atoms with Gasteiger partial charge in [-0.15, -0.1) is 0 Å². The molecule has 1 atom stereocenters. The minimum Gasteiger partial charge on any atom is -0.490 e. The van der Waals surface area contributed by atoms with Crippen molar-refractivity contribution in [3.8, 4) is 5.75 Å². The van der Waals surface area contributed by atoms with Crippen LogP contribution in [-0.2, 0) is 0 Å². The molecule has 2 heterocycles. The summed E-state index contributed by atoms with van der Waals surface area (Å²) in [4.78, 5) is 28.6. The summed E-state index contributed by atoms with van der Waals surface area (Å²) < 4.78 is 11.7. The number of hydrogen-bond acceptors (Lipinski definition) is 4. The molecular formula is C25H24ClNO4. The van der Waals surface area contributed by atoms with E-state index in [1.165, 1.54) is 0 Å². The first-order chi connectivity index (χ1) is 15.0. The largest absolute Gasteiger partial charge is 0.490 e. The number of benzene rings is 2. The number of unbranched alkanes of at least 4 members (excludes halogenated alkanes) is 1. The van der Waals surface area contributed by atoms with Crippen molar-refractivity contribution in [3.63, 3.8) is 0 Å². The second-order valence-electron chi connectivity index (χ2n) is 7.70. The van der Waals surface area contributed by atoms with Crippen LogP contribution in [0.2, 0.25) is 5.02 Å². The minimum atomic E-state index is -0.540. The van der Waals surface area contributed by atoms with Gasteiger partial charge in [0.2, 0.25) is 5.76 Å². The monoisotopic (exact) mass is 437 g/mol. The summed E-state index contributed by atoms with van der Waals surface area (Å²) >= 11 is 6.28. The Morgan fingerprint density at radius 1 is 1.26 bits per heavy atom. The molecule has 0 bridgehead atoms. The molecular weight excluding hydrogens is 414 g/mol. The van der Waals surface area contributed by atoms with Gasteiger partial charge in [0.1, 0.15) is 17.9 Å². The maximum atomic E-state index is 13.5. The summed E-state index contributed by atoms with van der Waals surface area (Å²) in [5.74, 6) is 0.493. The molecule has 5 nitrogen and oxygen atoms in total. The minimum absolute atomic E-state index is 0.109. The van der Waals surface area contributed by atoms with Gasteiger partial charge in [0.05, 0.1) is 17.0 Å². The Bertz CT molecular complexity index is 1230. The normalized spacial score (nSPS) is 15.4. The lowest BCUT2D eigenvalue weighted by Gasteiger charge is -2.25. The number of ether oxygens (including phenoxy) is 1. The predicted octanol–water partition coefficient (Wildman–Crippen LogP) is 5.66. The lowest BCUT2D eigenvalue weighted by atomic mass is 9.98. The highest BCUT2D eigenvalue weighted by Crippen LogP contribution is 2.39. The van der Waals surface area contributed by atoms with Crippen LogP contribution < -0.4 is 10.2 Å². The highest BCUT2D eigenvalue weighted by molar-refractivity contribution is 6.32. The molecule has 0 aliphatic carbocycles. The van der Waals surface area contributed by atoms with Crippen molar-refractivity contribution in [2.75, 3.05) is 13.2 Å². The lowest BCUT2D eigenvalue weighted by Crippen LogP contribution is -2.30. The SMILES string of the molecule is C=CCOc1cccc(C2c3c(oc4cc(C)c(Cl)cc4c3=O)C(=O)N2CCCC)c1. The van der Waals surface area contributed by atoms with E-state index >= 15 is 0 Å². The summed E-state index contributed by atoms with van der Waals surface area (Å²) in [5, 5.41) is 0.867. The molecule has 6 heteroatoms. The average Bonchev–Trinajstić information content (AvgIpc) is 3.04. The standard InChI is InChI=1S/C25H24ClNO4/c1-4-6-10-27-22(16-8-7-9-17(13-16)30-11-5-2)21-23(28)18-14-19(26)15(3)12-20(18)31-24(21)25(27)29/h5,7-9,12-14,22H,2,4,6,10-11H2,1,3H3. The zero-order chi connectivity index (χ0) is 22.1. The van der Waals surface area contributed by atoms with E-state index < -0.39 is 6.04 Å². The van der Waals surface area contributed by atoms with Gasteiger partial charge in [0.15, 0.2) is 5.43 Å². The maximum Gasteiger partial charge on any atom is 0.290 e. The van der Waals surface area contributed by atoms with E-state index in [-0.39, 0.29) is 17.1 Å². The van der Waals surface area contributed by atoms with Crippen LogP contribution in [-0.4, -0.2) is 24.0 Å². The van der Waals surface area contributed by atoms with Crippen molar-refractivity contribution in [2.24, 2.45) is 0 Å². The fourth-order valence-corrected chi connectivity index (χ4v) is 4.14. The molecule has 0 spiro atoms. The first kappa shape index (κ1) is 21.2. The number of carbonyl (C=O) groups excluding carboxylic acids is 1. The number of nitrogens with zero attached hydrogens (tertiary/aromatic N) is 1. The molecule has 0 N–H and O–H groups in total. The van der Waals surface area contributed by atoms with E-state index in [1.54, 1.807) is 23.1 Å². The predicted molar refractivity (Wildman–Crippen MR) is 122 cm³/mol. The van der Waals surface area contributed by atoms with Crippen LogP contribution in [0, 0.1) is 6.92 Å². The van der Waals surface area contributed by atoms with E-state index in [1.807, 2.05) is 31.2 Å². The van der Waals surface area contributed by atoms with Gasteiger partial charge in [-0.25, -0.2) is 0 Å². The molecule has 0 saturated carbocycles. The third-order valence-electron chi connectivity index (χ3n) is 5.54. The summed E-state index contributed by atoms with van der Waals surface area (Å²) in [5.41, 5.74) is 2.09. The van der Waals surface area contributed by atoms with E-state index in [0.717, 1.165) is 24.0 Å². The Labute approximate surface area is 185 Å². The zero-order valence-corrected chi connectivity index (χ0v) is 18.4. The number of aryl methyl sites for hydroxylation is 1. The van der Waals surface area contributed by atoms with Gasteiger partial charge in [0, 0.05) is 11.6 Å². The van der Waals surface area contributed by atoms with Gasteiger partial charge in [-0.3, -0.25) is 9.59 Å². The molecule has 1 amide bonds. The van der Waals surface area contributed by atoms with E-state index in [9.17, 15) is 9.59 Å². The highest BCUT2D eigenvalue weighted by Gasteiger charge is 2.42. The number of amides is 1. The number of fused-ring (bicyclic) bond motifs is 2. The van der Waals surface area contributed by atoms with Crippen molar-refractivity contribution in [3.05, 3.63) is 86.7 Å². The molecule has 1 aliphatic rings. The Morgan fingerprint density at radius 2 is 2.06 bits per heavy atom. The van der Waals surface area contributed by atoms with E-state index in [0.29, 0.717) is 40.5 Å². The topological polar surface area (TPSA) is 59.8 Å². The van der Waals surface area contributed by atoms with Gasteiger partial charge >= 0.3 is 0 Å². The molecule has 0 fully saturated rings. The Kier molecular flexibility index (Phi) is 5.88. The lowest BCUT2D eigenvalue weighted by molar-refractivity contribution is 0.0725. The fourth-order valence-electron chi connectivity index (χ4n) is 3.98. The van der Waals surface area contributed by atoms with Gasteiger partial charge < -0.3 is 14.1 Å². The number of hydrogen-bond donors (Lipinski definition) is 0. The van der Waals surface area contributed by atoms with Crippen molar-refractivity contribution < 1.29 is 13.9 Å². The Balaban J connectivity index is 1.92. The smallest absolute Gasteiger partial charge is 0.290 e. The van der Waals surface area contributed by atoms with Crippen LogP contribution in [0.15, 0.2) is 58.3 Å². The fraction of sp³-hybridized carbons (Fsp3) is 0.280. The van der Waals surface area contributed by atoms with Crippen LogP contribution >= 0.6 is 11.6 Å². The van der Waals surface area contributed by atoms with Crippen molar-refractivity contribution in [1.82, 2.24) is 4.90 Å². The molecule has 4 rings (SSSR count). The summed E-state index contributed by atoms with van der Waals surface area (Å²) in [6, 6.07) is 10.3. The molecule has 1 aromatic heterocycles. The molecule has 1 aliphatic heterocycles. The van der Waals surface area contributed by atoms with Crippen molar-refractivity contribution >= 4 is 28.5 Å². The second kappa shape index (κ2) is 8.60. The summed E-state index contributed by atoms with van der Waals surface area (Å²) in [6.45, 7) is 8.47. The van der Waals surface area contributed by atoms with E-state index in [4.69, 9.17) is 20.8 Å². The van der Waals surface area contributed by atoms with Gasteiger partial charge in [0.25, 0.3) is 5.91 Å². The first-order valence-corrected chi connectivity index (χ1v) is 10.8. The van der Waals surface area contributed by atoms with Crippen molar-refractivity contribution in [2.45, 2.75) is 32.7 Å². The number of halogens is 1. The number of carbonyl (C=O) groups is 1. The number of rotatable bonds is 7. The first-order valence-electron chi connectivity index (χ1n) is 10.4.